The molecule has 1 amide bonds. The topological polar surface area (TPSA) is 121 Å². The normalized spacial score (nSPS) is 12.1. The highest BCUT2D eigenvalue weighted by molar-refractivity contribution is 14.0. The van der Waals surface area contributed by atoms with Crippen molar-refractivity contribution in [2.24, 2.45) is 4.99 Å². The Bertz CT molecular complexity index is 779. The standard InChI is InChI=1S/C18H31N5O4S.HI/c1-18(2,3)23-16(24)13-21-17(19-4)20-12-14-7-6-8-15(11-14)28(25,26)22-9-10-27-5;/h6-8,11,22H,9-10,12-13H2,1-5H3,(H,23,24)(H2,19,20,21);1H. The predicted molar refractivity (Wildman–Crippen MR) is 125 cm³/mol. The summed E-state index contributed by atoms with van der Waals surface area (Å²) in [6.07, 6.45) is 0. The number of halogens is 1. The maximum absolute atomic E-state index is 12.3. The van der Waals surface area contributed by atoms with E-state index in [2.05, 4.69) is 25.7 Å². The van der Waals surface area contributed by atoms with Crippen LogP contribution in [0.1, 0.15) is 26.3 Å². The number of rotatable bonds is 9. The second-order valence-electron chi connectivity index (χ2n) is 7.12. The van der Waals surface area contributed by atoms with Gasteiger partial charge >= 0.3 is 0 Å². The lowest BCUT2D eigenvalue weighted by Crippen LogP contribution is -2.48. The Hall–Kier alpha value is -1.44. The second kappa shape index (κ2) is 13.0. The molecule has 0 bridgehead atoms. The van der Waals surface area contributed by atoms with Gasteiger partial charge in [-0.2, -0.15) is 0 Å². The van der Waals surface area contributed by atoms with Crippen molar-refractivity contribution in [1.82, 2.24) is 20.7 Å². The van der Waals surface area contributed by atoms with Gasteiger partial charge in [-0.15, -0.1) is 24.0 Å². The highest BCUT2D eigenvalue weighted by Gasteiger charge is 2.15. The molecule has 1 aromatic carbocycles. The number of amides is 1. The van der Waals surface area contributed by atoms with Gasteiger partial charge in [0.25, 0.3) is 0 Å². The van der Waals surface area contributed by atoms with Crippen LogP contribution in [0.25, 0.3) is 0 Å². The van der Waals surface area contributed by atoms with E-state index in [1.165, 1.54) is 13.2 Å². The van der Waals surface area contributed by atoms with Gasteiger partial charge in [0.1, 0.15) is 0 Å². The Morgan fingerprint density at radius 2 is 1.90 bits per heavy atom. The van der Waals surface area contributed by atoms with Gasteiger partial charge < -0.3 is 20.7 Å². The van der Waals surface area contributed by atoms with E-state index in [0.717, 1.165) is 5.56 Å². The first-order chi connectivity index (χ1) is 13.1. The van der Waals surface area contributed by atoms with Crippen LogP contribution in [-0.2, 0) is 26.1 Å². The molecular formula is C18H32IN5O4S. The van der Waals surface area contributed by atoms with Crippen LogP contribution in [0.15, 0.2) is 34.2 Å². The number of carbonyl (C=O) groups excluding carboxylic acids is 1. The average Bonchev–Trinajstić information content (AvgIpc) is 2.61. The number of hydrogen-bond acceptors (Lipinski definition) is 5. The predicted octanol–water partition coefficient (Wildman–Crippen LogP) is 0.809. The van der Waals surface area contributed by atoms with Crippen molar-refractivity contribution in [3.05, 3.63) is 29.8 Å². The van der Waals surface area contributed by atoms with Crippen LogP contribution in [0.4, 0.5) is 0 Å². The lowest BCUT2D eigenvalue weighted by Gasteiger charge is -2.21. The summed E-state index contributed by atoms with van der Waals surface area (Å²) in [4.78, 5) is 16.1. The van der Waals surface area contributed by atoms with Crippen LogP contribution in [-0.4, -0.2) is 59.7 Å². The fourth-order valence-corrected chi connectivity index (χ4v) is 3.30. The van der Waals surface area contributed by atoms with E-state index in [4.69, 9.17) is 4.74 Å². The average molecular weight is 541 g/mol. The first-order valence-electron chi connectivity index (χ1n) is 8.90. The highest BCUT2D eigenvalue weighted by atomic mass is 127. The van der Waals surface area contributed by atoms with Crippen LogP contribution in [0, 0.1) is 0 Å². The third kappa shape index (κ3) is 11.4. The van der Waals surface area contributed by atoms with Gasteiger partial charge in [0.15, 0.2) is 5.96 Å². The minimum atomic E-state index is -3.59. The molecule has 4 N–H and O–H groups in total. The lowest BCUT2D eigenvalue weighted by molar-refractivity contribution is -0.121. The zero-order valence-electron chi connectivity index (χ0n) is 17.5. The Kier molecular flexibility index (Phi) is 12.3. The van der Waals surface area contributed by atoms with Crippen LogP contribution in [0.5, 0.6) is 0 Å². The number of ether oxygens (including phenoxy) is 1. The SMILES string of the molecule is CN=C(NCC(=O)NC(C)(C)C)NCc1cccc(S(=O)(=O)NCCOC)c1.I. The highest BCUT2D eigenvalue weighted by Crippen LogP contribution is 2.11. The van der Waals surface area contributed by atoms with Crippen molar-refractivity contribution in [3.8, 4) is 0 Å². The number of carbonyl (C=O) groups is 1. The second-order valence-corrected chi connectivity index (χ2v) is 8.88. The summed E-state index contributed by atoms with van der Waals surface area (Å²) in [5, 5.41) is 8.83. The molecule has 11 heteroatoms. The Morgan fingerprint density at radius 1 is 1.21 bits per heavy atom. The number of hydrogen-bond donors (Lipinski definition) is 4. The minimum absolute atomic E-state index is 0. The molecule has 0 radical (unpaired) electrons. The summed E-state index contributed by atoms with van der Waals surface area (Å²) in [6.45, 7) is 6.64. The molecule has 0 aliphatic heterocycles. The van der Waals surface area contributed by atoms with Gasteiger partial charge in [0.05, 0.1) is 18.0 Å². The summed E-state index contributed by atoms with van der Waals surface area (Å²) in [7, 11) is -0.492. The summed E-state index contributed by atoms with van der Waals surface area (Å²) in [6, 6.07) is 6.60. The monoisotopic (exact) mass is 541 g/mol. The summed E-state index contributed by atoms with van der Waals surface area (Å²) in [5.74, 6) is 0.293. The first kappa shape index (κ1) is 27.6. The number of sulfonamides is 1. The number of nitrogens with one attached hydrogen (secondary N) is 4. The number of nitrogens with zero attached hydrogens (tertiary/aromatic N) is 1. The fraction of sp³-hybridized carbons (Fsp3) is 0.556. The number of aliphatic imine (C=N–C) groups is 1. The molecule has 9 nitrogen and oxygen atoms in total. The molecule has 0 saturated heterocycles. The summed E-state index contributed by atoms with van der Waals surface area (Å²) >= 11 is 0. The minimum Gasteiger partial charge on any atom is -0.383 e. The molecule has 0 unspecified atom stereocenters. The van der Waals surface area contributed by atoms with E-state index in [1.807, 2.05) is 20.8 Å². The van der Waals surface area contributed by atoms with Crippen molar-refractivity contribution in [3.63, 3.8) is 0 Å². The molecule has 0 atom stereocenters. The summed E-state index contributed by atoms with van der Waals surface area (Å²) < 4.78 is 31.9. The Labute approximate surface area is 190 Å². The Balaban J connectivity index is 0.00000784. The van der Waals surface area contributed by atoms with Crippen molar-refractivity contribution in [1.29, 1.82) is 0 Å². The molecule has 0 aliphatic rings. The molecule has 166 valence electrons. The fourth-order valence-electron chi connectivity index (χ4n) is 2.22. The number of benzene rings is 1. The van der Waals surface area contributed by atoms with Crippen LogP contribution < -0.4 is 20.7 Å². The van der Waals surface area contributed by atoms with Crippen LogP contribution in [0.3, 0.4) is 0 Å². The molecular weight excluding hydrogens is 509 g/mol. The van der Waals surface area contributed by atoms with Gasteiger partial charge in [0, 0.05) is 32.8 Å². The molecule has 0 heterocycles. The van der Waals surface area contributed by atoms with Crippen molar-refractivity contribution < 1.29 is 17.9 Å². The number of guanidine groups is 1. The van der Waals surface area contributed by atoms with E-state index in [-0.39, 0.29) is 53.4 Å². The molecule has 0 fully saturated rings. The van der Waals surface area contributed by atoms with Gasteiger partial charge in [-0.3, -0.25) is 9.79 Å². The van der Waals surface area contributed by atoms with Crippen LogP contribution >= 0.6 is 24.0 Å². The molecule has 0 aromatic heterocycles. The maximum Gasteiger partial charge on any atom is 0.240 e. The van der Waals surface area contributed by atoms with Crippen molar-refractivity contribution >= 4 is 45.9 Å². The zero-order valence-corrected chi connectivity index (χ0v) is 20.7. The lowest BCUT2D eigenvalue weighted by atomic mass is 10.1. The van der Waals surface area contributed by atoms with Crippen LogP contribution in [0.2, 0.25) is 0 Å². The zero-order chi connectivity index (χ0) is 21.2. The van der Waals surface area contributed by atoms with Gasteiger partial charge in [0.2, 0.25) is 15.9 Å². The van der Waals surface area contributed by atoms with E-state index in [1.54, 1.807) is 25.2 Å². The van der Waals surface area contributed by atoms with E-state index in [9.17, 15) is 13.2 Å². The third-order valence-corrected chi connectivity index (χ3v) is 4.88. The molecule has 0 saturated carbocycles. The Morgan fingerprint density at radius 3 is 2.48 bits per heavy atom. The quantitative estimate of drug-likeness (QED) is 0.159. The van der Waals surface area contributed by atoms with E-state index in [0.29, 0.717) is 19.1 Å². The molecule has 0 spiro atoms. The van der Waals surface area contributed by atoms with Gasteiger partial charge in [-0.05, 0) is 38.5 Å². The first-order valence-corrected chi connectivity index (χ1v) is 10.4. The van der Waals surface area contributed by atoms with Gasteiger partial charge in [-0.25, -0.2) is 13.1 Å². The van der Waals surface area contributed by atoms with E-state index < -0.39 is 10.0 Å². The third-order valence-electron chi connectivity index (χ3n) is 3.42. The molecule has 0 aliphatic carbocycles. The molecule has 1 rings (SSSR count). The van der Waals surface area contributed by atoms with Crippen molar-refractivity contribution in [2.45, 2.75) is 37.8 Å². The number of methoxy groups -OCH3 is 1. The van der Waals surface area contributed by atoms with Gasteiger partial charge in [-0.1, -0.05) is 12.1 Å². The van der Waals surface area contributed by atoms with E-state index >= 15 is 0 Å². The largest absolute Gasteiger partial charge is 0.383 e. The summed E-state index contributed by atoms with van der Waals surface area (Å²) in [5.41, 5.74) is 0.454. The maximum atomic E-state index is 12.3. The smallest absolute Gasteiger partial charge is 0.240 e. The van der Waals surface area contributed by atoms with Crippen molar-refractivity contribution in [2.75, 3.05) is 33.9 Å². The molecule has 1 aromatic rings. The molecule has 29 heavy (non-hydrogen) atoms.